The minimum absolute atomic E-state index is 0.0797. The Balaban J connectivity index is 1.58. The fourth-order valence-corrected chi connectivity index (χ4v) is 3.79. The van der Waals surface area contributed by atoms with E-state index in [-0.39, 0.29) is 18.3 Å². The Morgan fingerprint density at radius 3 is 2.77 bits per heavy atom. The number of halogens is 1. The third-order valence-corrected chi connectivity index (χ3v) is 5.22. The van der Waals surface area contributed by atoms with Gasteiger partial charge in [-0.25, -0.2) is 4.39 Å². The summed E-state index contributed by atoms with van der Waals surface area (Å²) in [6.07, 6.45) is 0. The predicted molar refractivity (Wildman–Crippen MR) is 104 cm³/mol. The van der Waals surface area contributed by atoms with Crippen LogP contribution in [0.25, 0.3) is 0 Å². The lowest BCUT2D eigenvalue weighted by molar-refractivity contribution is -0.118. The number of benzene rings is 2. The summed E-state index contributed by atoms with van der Waals surface area (Å²) in [5.41, 5.74) is 2.94. The Bertz CT molecular complexity index is 763. The molecule has 1 fully saturated rings. The van der Waals surface area contributed by atoms with E-state index in [1.165, 1.54) is 29.2 Å². The van der Waals surface area contributed by atoms with Crippen molar-refractivity contribution in [2.75, 3.05) is 36.5 Å². The number of ether oxygens (including phenoxy) is 1. The summed E-state index contributed by atoms with van der Waals surface area (Å²) in [5.74, 6) is 1.64. The van der Waals surface area contributed by atoms with Crippen LogP contribution in [0.2, 0.25) is 0 Å². The van der Waals surface area contributed by atoms with Gasteiger partial charge < -0.3 is 10.1 Å². The van der Waals surface area contributed by atoms with Gasteiger partial charge >= 0.3 is 0 Å². The van der Waals surface area contributed by atoms with Crippen molar-refractivity contribution in [1.82, 2.24) is 4.90 Å². The highest BCUT2D eigenvalue weighted by Gasteiger charge is 2.13. The fraction of sp³-hybridized carbons (Fsp3) is 0.350. The number of nitrogens with one attached hydrogen (secondary N) is 1. The maximum atomic E-state index is 13.5. The van der Waals surface area contributed by atoms with Crippen molar-refractivity contribution >= 4 is 23.4 Å². The number of hydrogen-bond acceptors (Lipinski definition) is 4. The molecular weight excluding hydrogens is 351 g/mol. The normalized spacial score (nSPS) is 14.8. The minimum Gasteiger partial charge on any atom is -0.481 e. The van der Waals surface area contributed by atoms with Crippen LogP contribution in [0.1, 0.15) is 11.1 Å². The van der Waals surface area contributed by atoms with Gasteiger partial charge in [0.25, 0.3) is 5.91 Å². The number of thioether (sulfide) groups is 1. The standard InChI is InChI=1S/C20H23FN2O2S/c1-15-6-7-16(13-23-8-10-26-11-9-23)12-18(15)22-20(24)14-25-19-5-3-2-4-17(19)21/h2-7,12H,8-11,13-14H2,1H3,(H,22,24). The van der Waals surface area contributed by atoms with Crippen molar-refractivity contribution in [2.45, 2.75) is 13.5 Å². The highest BCUT2D eigenvalue weighted by Crippen LogP contribution is 2.20. The zero-order valence-electron chi connectivity index (χ0n) is 14.8. The second-order valence-electron chi connectivity index (χ2n) is 6.31. The van der Waals surface area contributed by atoms with Crippen LogP contribution >= 0.6 is 11.8 Å². The molecule has 2 aromatic carbocycles. The van der Waals surface area contributed by atoms with Gasteiger partial charge in [0.05, 0.1) is 0 Å². The van der Waals surface area contributed by atoms with E-state index < -0.39 is 5.82 Å². The first-order valence-corrected chi connectivity index (χ1v) is 9.84. The summed E-state index contributed by atoms with van der Waals surface area (Å²) in [5, 5.41) is 2.87. The number of amides is 1. The molecule has 0 spiro atoms. The lowest BCUT2D eigenvalue weighted by Gasteiger charge is -2.26. The number of carbonyl (C=O) groups excluding carboxylic acids is 1. The largest absolute Gasteiger partial charge is 0.481 e. The molecule has 2 aromatic rings. The highest BCUT2D eigenvalue weighted by molar-refractivity contribution is 7.99. The summed E-state index contributed by atoms with van der Waals surface area (Å²) in [7, 11) is 0. The molecule has 0 atom stereocenters. The van der Waals surface area contributed by atoms with Gasteiger partial charge in [0.1, 0.15) is 0 Å². The van der Waals surface area contributed by atoms with Crippen LogP contribution in [0.5, 0.6) is 5.75 Å². The van der Waals surface area contributed by atoms with Crippen LogP contribution in [0.15, 0.2) is 42.5 Å². The molecule has 0 aromatic heterocycles. The zero-order chi connectivity index (χ0) is 18.4. The first-order valence-electron chi connectivity index (χ1n) is 8.68. The summed E-state index contributed by atoms with van der Waals surface area (Å²) < 4.78 is 18.8. The van der Waals surface area contributed by atoms with Gasteiger partial charge in [0.2, 0.25) is 0 Å². The molecule has 1 N–H and O–H groups in total. The maximum absolute atomic E-state index is 13.5. The molecule has 0 saturated carbocycles. The van der Waals surface area contributed by atoms with E-state index in [1.54, 1.807) is 12.1 Å². The van der Waals surface area contributed by atoms with Crippen LogP contribution in [0.3, 0.4) is 0 Å². The zero-order valence-corrected chi connectivity index (χ0v) is 15.7. The molecular formula is C20H23FN2O2S. The molecule has 1 amide bonds. The molecule has 6 heteroatoms. The summed E-state index contributed by atoms with van der Waals surface area (Å²) in [6.45, 7) is 4.80. The number of para-hydroxylation sites is 1. The monoisotopic (exact) mass is 374 g/mol. The second kappa shape index (κ2) is 9.05. The SMILES string of the molecule is Cc1ccc(CN2CCSCC2)cc1NC(=O)COc1ccccc1F. The topological polar surface area (TPSA) is 41.6 Å². The molecule has 0 bridgehead atoms. The van der Waals surface area contributed by atoms with Gasteiger partial charge in [-0.05, 0) is 36.2 Å². The average molecular weight is 374 g/mol. The van der Waals surface area contributed by atoms with E-state index in [2.05, 4.69) is 16.3 Å². The van der Waals surface area contributed by atoms with E-state index in [0.717, 1.165) is 30.9 Å². The number of hydrogen-bond donors (Lipinski definition) is 1. The van der Waals surface area contributed by atoms with E-state index >= 15 is 0 Å². The van der Waals surface area contributed by atoms with Crippen LogP contribution in [0, 0.1) is 12.7 Å². The molecule has 3 rings (SSSR count). The Morgan fingerprint density at radius 1 is 1.23 bits per heavy atom. The van der Waals surface area contributed by atoms with Gasteiger partial charge in [0, 0.05) is 36.8 Å². The molecule has 26 heavy (non-hydrogen) atoms. The van der Waals surface area contributed by atoms with Gasteiger partial charge in [-0.2, -0.15) is 11.8 Å². The Kier molecular flexibility index (Phi) is 6.52. The molecule has 0 radical (unpaired) electrons. The van der Waals surface area contributed by atoms with Gasteiger partial charge in [-0.1, -0.05) is 24.3 Å². The van der Waals surface area contributed by atoms with E-state index in [0.29, 0.717) is 0 Å². The van der Waals surface area contributed by atoms with Crippen molar-refractivity contribution in [2.24, 2.45) is 0 Å². The predicted octanol–water partition coefficient (Wildman–Crippen LogP) is 3.70. The molecule has 0 unspecified atom stereocenters. The third-order valence-electron chi connectivity index (χ3n) is 4.28. The van der Waals surface area contributed by atoms with E-state index in [9.17, 15) is 9.18 Å². The first kappa shape index (κ1) is 18.7. The summed E-state index contributed by atoms with van der Waals surface area (Å²) in [4.78, 5) is 14.6. The highest BCUT2D eigenvalue weighted by atomic mass is 32.2. The van der Waals surface area contributed by atoms with Crippen molar-refractivity contribution in [1.29, 1.82) is 0 Å². The second-order valence-corrected chi connectivity index (χ2v) is 7.53. The molecule has 1 heterocycles. The molecule has 1 aliphatic heterocycles. The Hall–Kier alpha value is -2.05. The first-order chi connectivity index (χ1) is 12.6. The van der Waals surface area contributed by atoms with Crippen LogP contribution in [0.4, 0.5) is 10.1 Å². The van der Waals surface area contributed by atoms with Crippen LogP contribution in [-0.4, -0.2) is 42.0 Å². The van der Waals surface area contributed by atoms with E-state index in [1.807, 2.05) is 30.8 Å². The molecule has 0 aliphatic carbocycles. The lowest BCUT2D eigenvalue weighted by Crippen LogP contribution is -2.32. The number of rotatable bonds is 6. The number of carbonyl (C=O) groups is 1. The van der Waals surface area contributed by atoms with Gasteiger partial charge in [-0.3, -0.25) is 9.69 Å². The van der Waals surface area contributed by atoms with Crippen molar-refractivity contribution < 1.29 is 13.9 Å². The van der Waals surface area contributed by atoms with Crippen molar-refractivity contribution in [3.05, 3.63) is 59.4 Å². The van der Waals surface area contributed by atoms with Crippen LogP contribution < -0.4 is 10.1 Å². The summed E-state index contributed by atoms with van der Waals surface area (Å²) >= 11 is 1.99. The Labute approximate surface area is 157 Å². The fourth-order valence-electron chi connectivity index (χ4n) is 2.81. The molecule has 138 valence electrons. The quantitative estimate of drug-likeness (QED) is 0.837. The van der Waals surface area contributed by atoms with E-state index in [4.69, 9.17) is 4.74 Å². The molecule has 1 saturated heterocycles. The molecule has 1 aliphatic rings. The number of aryl methyl sites for hydroxylation is 1. The lowest BCUT2D eigenvalue weighted by atomic mass is 10.1. The Morgan fingerprint density at radius 2 is 2.00 bits per heavy atom. The molecule has 4 nitrogen and oxygen atoms in total. The maximum Gasteiger partial charge on any atom is 0.262 e. The third kappa shape index (κ3) is 5.22. The minimum atomic E-state index is -0.474. The van der Waals surface area contributed by atoms with Gasteiger partial charge in [0.15, 0.2) is 18.2 Å². The van der Waals surface area contributed by atoms with Crippen LogP contribution in [-0.2, 0) is 11.3 Å². The van der Waals surface area contributed by atoms with Crippen molar-refractivity contribution in [3.8, 4) is 5.75 Å². The smallest absolute Gasteiger partial charge is 0.262 e. The average Bonchev–Trinajstić information content (AvgIpc) is 2.65. The van der Waals surface area contributed by atoms with Crippen molar-refractivity contribution in [3.63, 3.8) is 0 Å². The number of anilines is 1. The summed E-state index contributed by atoms with van der Waals surface area (Å²) in [6, 6.07) is 12.2. The van der Waals surface area contributed by atoms with Gasteiger partial charge in [-0.15, -0.1) is 0 Å². The number of nitrogens with zero attached hydrogens (tertiary/aromatic N) is 1.